The number of rotatable bonds is 6. The molecule has 6 nitrogen and oxygen atoms in total. The molecule has 0 unspecified atom stereocenters. The molecule has 2 N–H and O–H groups in total. The van der Waals surface area contributed by atoms with E-state index in [1.54, 1.807) is 22.7 Å². The van der Waals surface area contributed by atoms with Crippen molar-refractivity contribution in [1.29, 1.82) is 0 Å². The summed E-state index contributed by atoms with van der Waals surface area (Å²) < 4.78 is 1.58. The summed E-state index contributed by atoms with van der Waals surface area (Å²) in [5.41, 5.74) is 0.806. The van der Waals surface area contributed by atoms with Gasteiger partial charge in [-0.2, -0.15) is 0 Å². The molecule has 102 valence electrons. The van der Waals surface area contributed by atoms with Gasteiger partial charge in [0.05, 0.1) is 0 Å². The number of likely N-dealkylation sites (N-methyl/N-ethyl adjacent to an activating group) is 1. The molecule has 0 fully saturated rings. The topological polar surface area (TPSA) is 69.9 Å². The molecular weight excluding hydrogens is 244 g/mol. The maximum atomic E-state index is 11.3. The van der Waals surface area contributed by atoms with Crippen LogP contribution in [0.25, 0.3) is 5.65 Å². The van der Waals surface area contributed by atoms with Crippen LogP contribution in [0.1, 0.15) is 17.4 Å². The highest BCUT2D eigenvalue weighted by Gasteiger charge is 2.17. The van der Waals surface area contributed by atoms with E-state index in [9.17, 15) is 9.90 Å². The molecule has 0 aliphatic rings. The number of aromatic carboxylic acids is 1. The van der Waals surface area contributed by atoms with Crippen LogP contribution in [0.2, 0.25) is 0 Å². The summed E-state index contributed by atoms with van der Waals surface area (Å²) in [7, 11) is 2.02. The molecule has 19 heavy (non-hydrogen) atoms. The van der Waals surface area contributed by atoms with Crippen LogP contribution in [0.5, 0.6) is 0 Å². The van der Waals surface area contributed by atoms with E-state index in [2.05, 4.69) is 22.1 Å². The number of anilines is 1. The molecule has 2 aromatic heterocycles. The first-order valence-electron chi connectivity index (χ1n) is 6.26. The first-order valence-corrected chi connectivity index (χ1v) is 6.26. The van der Waals surface area contributed by atoms with Gasteiger partial charge in [0, 0.05) is 19.3 Å². The molecule has 2 aromatic rings. The summed E-state index contributed by atoms with van der Waals surface area (Å²) in [6, 6.07) is 5.41. The minimum absolute atomic E-state index is 0.176. The zero-order valence-corrected chi connectivity index (χ0v) is 11.1. The van der Waals surface area contributed by atoms with Gasteiger partial charge in [0.15, 0.2) is 11.5 Å². The predicted octanol–water partition coefficient (Wildman–Crippen LogP) is 1.40. The van der Waals surface area contributed by atoms with Crippen molar-refractivity contribution in [2.75, 3.05) is 32.0 Å². The second-order valence-corrected chi connectivity index (χ2v) is 4.37. The number of pyridine rings is 1. The number of fused-ring (bicyclic) bond motifs is 1. The molecule has 0 aliphatic heterocycles. The third kappa shape index (κ3) is 2.85. The zero-order chi connectivity index (χ0) is 13.8. The van der Waals surface area contributed by atoms with E-state index in [-0.39, 0.29) is 5.69 Å². The highest BCUT2D eigenvalue weighted by atomic mass is 16.4. The predicted molar refractivity (Wildman–Crippen MR) is 73.8 cm³/mol. The van der Waals surface area contributed by atoms with Gasteiger partial charge in [-0.15, -0.1) is 0 Å². The smallest absolute Gasteiger partial charge is 0.356 e. The minimum atomic E-state index is -0.981. The average molecular weight is 262 g/mol. The lowest BCUT2D eigenvalue weighted by atomic mass is 10.4. The molecule has 0 saturated heterocycles. The summed E-state index contributed by atoms with van der Waals surface area (Å²) >= 11 is 0. The molecule has 0 bridgehead atoms. The van der Waals surface area contributed by atoms with Crippen LogP contribution >= 0.6 is 0 Å². The summed E-state index contributed by atoms with van der Waals surface area (Å²) in [6.45, 7) is 4.53. The van der Waals surface area contributed by atoms with Crippen molar-refractivity contribution in [2.24, 2.45) is 0 Å². The Labute approximate surface area is 111 Å². The van der Waals surface area contributed by atoms with Gasteiger partial charge >= 0.3 is 5.97 Å². The van der Waals surface area contributed by atoms with Crippen molar-refractivity contribution in [3.8, 4) is 0 Å². The Morgan fingerprint density at radius 1 is 1.53 bits per heavy atom. The average Bonchev–Trinajstić information content (AvgIpc) is 2.76. The number of carboxylic acids is 1. The third-order valence-electron chi connectivity index (χ3n) is 3.06. The Morgan fingerprint density at radius 2 is 2.32 bits per heavy atom. The first-order chi connectivity index (χ1) is 9.13. The lowest BCUT2D eigenvalue weighted by molar-refractivity contribution is 0.0690. The summed E-state index contributed by atoms with van der Waals surface area (Å²) in [4.78, 5) is 17.8. The molecule has 0 aliphatic carbocycles. The Balaban J connectivity index is 2.22. The van der Waals surface area contributed by atoms with Crippen LogP contribution in [0, 0.1) is 0 Å². The van der Waals surface area contributed by atoms with Gasteiger partial charge < -0.3 is 15.3 Å². The molecule has 0 saturated carbocycles. The number of aromatic nitrogens is 2. The fourth-order valence-electron chi connectivity index (χ4n) is 1.85. The maximum Gasteiger partial charge on any atom is 0.356 e. The molecule has 0 amide bonds. The maximum absolute atomic E-state index is 11.3. The molecular formula is C13H18N4O2. The Bertz CT molecular complexity index is 579. The second-order valence-electron chi connectivity index (χ2n) is 4.37. The van der Waals surface area contributed by atoms with Crippen molar-refractivity contribution in [3.05, 3.63) is 30.1 Å². The van der Waals surface area contributed by atoms with Gasteiger partial charge in [-0.05, 0) is 25.7 Å². The number of carbonyl (C=O) groups is 1. The van der Waals surface area contributed by atoms with Crippen molar-refractivity contribution in [3.63, 3.8) is 0 Å². The van der Waals surface area contributed by atoms with E-state index < -0.39 is 5.97 Å². The highest BCUT2D eigenvalue weighted by molar-refractivity contribution is 5.92. The SMILES string of the molecule is CCN(C)CCNc1nc2ccccn2c1C(=O)O. The quantitative estimate of drug-likeness (QED) is 0.823. The minimum Gasteiger partial charge on any atom is -0.476 e. The van der Waals surface area contributed by atoms with E-state index in [1.165, 1.54) is 0 Å². The van der Waals surface area contributed by atoms with Crippen LogP contribution < -0.4 is 5.32 Å². The van der Waals surface area contributed by atoms with Crippen LogP contribution in [0.15, 0.2) is 24.4 Å². The van der Waals surface area contributed by atoms with Crippen LogP contribution in [-0.2, 0) is 0 Å². The number of imidazole rings is 1. The fraction of sp³-hybridized carbons (Fsp3) is 0.385. The van der Waals surface area contributed by atoms with Gasteiger partial charge in [-0.3, -0.25) is 4.40 Å². The first kappa shape index (κ1) is 13.4. The van der Waals surface area contributed by atoms with E-state index in [0.717, 1.165) is 13.1 Å². The van der Waals surface area contributed by atoms with Crippen LogP contribution in [0.4, 0.5) is 5.82 Å². The van der Waals surface area contributed by atoms with Crippen molar-refractivity contribution >= 4 is 17.4 Å². The van der Waals surface area contributed by atoms with Crippen molar-refractivity contribution < 1.29 is 9.90 Å². The number of nitrogens with one attached hydrogen (secondary N) is 1. The van der Waals surface area contributed by atoms with Gasteiger partial charge in [-0.25, -0.2) is 9.78 Å². The standard InChI is InChI=1S/C13H18N4O2/c1-3-16(2)9-7-14-12-11(13(18)19)17-8-5-4-6-10(17)15-12/h4-6,8,14H,3,7,9H2,1-2H3,(H,18,19). The molecule has 6 heteroatoms. The Morgan fingerprint density at radius 3 is 3.00 bits per heavy atom. The molecule has 0 aromatic carbocycles. The largest absolute Gasteiger partial charge is 0.476 e. The second kappa shape index (κ2) is 5.71. The molecule has 2 rings (SSSR count). The third-order valence-corrected chi connectivity index (χ3v) is 3.06. The van der Waals surface area contributed by atoms with E-state index in [0.29, 0.717) is 18.0 Å². The number of carboxylic acid groups (broad SMARTS) is 1. The van der Waals surface area contributed by atoms with Gasteiger partial charge in [0.2, 0.25) is 0 Å². The Hall–Kier alpha value is -2.08. The van der Waals surface area contributed by atoms with Gasteiger partial charge in [0.25, 0.3) is 0 Å². The zero-order valence-electron chi connectivity index (χ0n) is 11.1. The Kier molecular flexibility index (Phi) is 4.01. The van der Waals surface area contributed by atoms with E-state index in [4.69, 9.17) is 0 Å². The number of hydrogen-bond acceptors (Lipinski definition) is 4. The molecule has 0 atom stereocenters. The van der Waals surface area contributed by atoms with Gasteiger partial charge in [0.1, 0.15) is 5.65 Å². The summed E-state index contributed by atoms with van der Waals surface area (Å²) in [5.74, 6) is -0.562. The van der Waals surface area contributed by atoms with E-state index in [1.807, 2.05) is 13.1 Å². The number of hydrogen-bond donors (Lipinski definition) is 2. The monoisotopic (exact) mass is 262 g/mol. The van der Waals surface area contributed by atoms with E-state index >= 15 is 0 Å². The van der Waals surface area contributed by atoms with Crippen molar-refractivity contribution in [1.82, 2.24) is 14.3 Å². The molecule has 0 spiro atoms. The molecule has 2 heterocycles. The fourth-order valence-corrected chi connectivity index (χ4v) is 1.85. The lowest BCUT2D eigenvalue weighted by Gasteiger charge is -2.13. The summed E-state index contributed by atoms with van der Waals surface area (Å²) in [5, 5.41) is 12.4. The summed E-state index contributed by atoms with van der Waals surface area (Å²) in [6.07, 6.45) is 1.70. The molecule has 0 radical (unpaired) electrons. The van der Waals surface area contributed by atoms with Crippen LogP contribution in [0.3, 0.4) is 0 Å². The van der Waals surface area contributed by atoms with Crippen molar-refractivity contribution in [2.45, 2.75) is 6.92 Å². The number of nitrogens with zero attached hydrogens (tertiary/aromatic N) is 3. The van der Waals surface area contributed by atoms with Crippen LogP contribution in [-0.4, -0.2) is 52.0 Å². The lowest BCUT2D eigenvalue weighted by Crippen LogP contribution is -2.25. The normalized spacial score (nSPS) is 11.1. The van der Waals surface area contributed by atoms with Gasteiger partial charge in [-0.1, -0.05) is 13.0 Å². The highest BCUT2D eigenvalue weighted by Crippen LogP contribution is 2.17.